The first-order valence-electron chi connectivity index (χ1n) is 1.81. The van der Waals surface area contributed by atoms with Gasteiger partial charge in [0.05, 0.1) is 13.2 Å². The SMILES string of the molecule is NNOCCON. The number of hydrazine groups is 1. The summed E-state index contributed by atoms with van der Waals surface area (Å²) in [6, 6.07) is 0. The van der Waals surface area contributed by atoms with Crippen LogP contribution in [0, 0.1) is 0 Å². The molecule has 0 rings (SSSR count). The van der Waals surface area contributed by atoms with E-state index in [1.165, 1.54) is 0 Å². The van der Waals surface area contributed by atoms with Gasteiger partial charge >= 0.3 is 0 Å². The van der Waals surface area contributed by atoms with E-state index in [0.717, 1.165) is 0 Å². The van der Waals surface area contributed by atoms with E-state index in [2.05, 4.69) is 15.6 Å². The molecule has 7 heavy (non-hydrogen) atoms. The maximum Gasteiger partial charge on any atom is 0.0952 e. The third-order valence-electron chi connectivity index (χ3n) is 0.387. The van der Waals surface area contributed by atoms with Crippen LogP contribution in [0.1, 0.15) is 0 Å². The van der Waals surface area contributed by atoms with Gasteiger partial charge in [0.2, 0.25) is 0 Å². The van der Waals surface area contributed by atoms with Crippen LogP contribution in [0.15, 0.2) is 0 Å². The van der Waals surface area contributed by atoms with Crippen molar-refractivity contribution in [3.63, 3.8) is 0 Å². The summed E-state index contributed by atoms with van der Waals surface area (Å²) in [6.07, 6.45) is 0. The number of nitrogens with one attached hydrogen (secondary N) is 1. The molecule has 0 aliphatic heterocycles. The van der Waals surface area contributed by atoms with Gasteiger partial charge in [-0.25, -0.2) is 11.7 Å². The van der Waals surface area contributed by atoms with Gasteiger partial charge in [0.15, 0.2) is 0 Å². The van der Waals surface area contributed by atoms with Gasteiger partial charge in [0, 0.05) is 0 Å². The second kappa shape index (κ2) is 5.80. The van der Waals surface area contributed by atoms with Crippen LogP contribution in [0.2, 0.25) is 0 Å². The van der Waals surface area contributed by atoms with E-state index < -0.39 is 0 Å². The van der Waals surface area contributed by atoms with Gasteiger partial charge in [0.25, 0.3) is 0 Å². The average molecular weight is 107 g/mol. The van der Waals surface area contributed by atoms with Crippen molar-refractivity contribution < 1.29 is 9.68 Å². The minimum absolute atomic E-state index is 0.337. The first-order chi connectivity index (χ1) is 3.41. The Morgan fingerprint density at radius 1 is 1.43 bits per heavy atom. The van der Waals surface area contributed by atoms with Crippen molar-refractivity contribution in [3.8, 4) is 0 Å². The van der Waals surface area contributed by atoms with Gasteiger partial charge in [-0.15, -0.1) is 5.59 Å². The van der Waals surface area contributed by atoms with Gasteiger partial charge in [-0.2, -0.15) is 0 Å². The van der Waals surface area contributed by atoms with E-state index >= 15 is 0 Å². The van der Waals surface area contributed by atoms with Gasteiger partial charge in [-0.1, -0.05) is 0 Å². The molecule has 0 fully saturated rings. The van der Waals surface area contributed by atoms with Gasteiger partial charge in [-0.05, 0) is 0 Å². The highest BCUT2D eigenvalue weighted by Crippen LogP contribution is 1.61. The van der Waals surface area contributed by atoms with Crippen molar-refractivity contribution in [1.82, 2.24) is 5.59 Å². The summed E-state index contributed by atoms with van der Waals surface area (Å²) in [5, 5.41) is 0. The first kappa shape index (κ1) is 6.80. The van der Waals surface area contributed by atoms with Crippen LogP contribution in [-0.2, 0) is 9.68 Å². The van der Waals surface area contributed by atoms with Crippen LogP contribution in [0.3, 0.4) is 0 Å². The van der Waals surface area contributed by atoms with Crippen molar-refractivity contribution in [2.75, 3.05) is 13.2 Å². The van der Waals surface area contributed by atoms with Crippen LogP contribution in [0.4, 0.5) is 0 Å². The van der Waals surface area contributed by atoms with E-state index in [9.17, 15) is 0 Å². The Morgan fingerprint density at radius 2 is 2.14 bits per heavy atom. The van der Waals surface area contributed by atoms with Gasteiger partial charge in [-0.3, -0.25) is 4.84 Å². The number of hydrogen-bond acceptors (Lipinski definition) is 5. The largest absolute Gasteiger partial charge is 0.302 e. The molecule has 0 aliphatic carbocycles. The smallest absolute Gasteiger partial charge is 0.0952 e. The maximum absolute atomic E-state index is 4.70. The highest BCUT2D eigenvalue weighted by molar-refractivity contribution is 4.16. The highest BCUT2D eigenvalue weighted by Gasteiger charge is 1.78. The van der Waals surface area contributed by atoms with E-state index in [1.54, 1.807) is 0 Å². The van der Waals surface area contributed by atoms with E-state index in [0.29, 0.717) is 13.2 Å². The van der Waals surface area contributed by atoms with Crippen molar-refractivity contribution in [2.24, 2.45) is 11.7 Å². The molecule has 5 nitrogen and oxygen atoms in total. The Kier molecular flexibility index (Phi) is 5.63. The molecule has 0 bridgehead atoms. The van der Waals surface area contributed by atoms with Crippen molar-refractivity contribution in [1.29, 1.82) is 0 Å². The van der Waals surface area contributed by atoms with E-state index in [-0.39, 0.29) is 0 Å². The Labute approximate surface area is 41.4 Å². The summed E-state index contributed by atoms with van der Waals surface area (Å²) in [5.41, 5.74) is 1.97. The third kappa shape index (κ3) is 5.80. The predicted octanol–water partition coefficient (Wildman–Crippen LogP) is -1.73. The summed E-state index contributed by atoms with van der Waals surface area (Å²) >= 11 is 0. The molecule has 0 saturated heterocycles. The van der Waals surface area contributed by atoms with Crippen molar-refractivity contribution in [3.05, 3.63) is 0 Å². The van der Waals surface area contributed by atoms with Gasteiger partial charge < -0.3 is 4.84 Å². The van der Waals surface area contributed by atoms with Crippen LogP contribution in [-0.4, -0.2) is 13.2 Å². The molecule has 0 aromatic rings. The zero-order valence-corrected chi connectivity index (χ0v) is 3.89. The third-order valence-corrected chi connectivity index (χ3v) is 0.387. The fourth-order valence-corrected chi connectivity index (χ4v) is 0.149. The maximum atomic E-state index is 4.70. The topological polar surface area (TPSA) is 82.5 Å². The summed E-state index contributed by atoms with van der Waals surface area (Å²) in [4.78, 5) is 8.52. The van der Waals surface area contributed by atoms with E-state index in [4.69, 9.17) is 5.84 Å². The molecule has 44 valence electrons. The molecule has 0 aromatic carbocycles. The lowest BCUT2D eigenvalue weighted by Gasteiger charge is -1.96. The molecular formula is C2H9N3O2. The molecular weight excluding hydrogens is 98.0 g/mol. The number of hydrogen-bond donors (Lipinski definition) is 3. The molecule has 0 amide bonds. The van der Waals surface area contributed by atoms with Crippen LogP contribution < -0.4 is 17.3 Å². The Balaban J connectivity index is 2.45. The molecule has 5 N–H and O–H groups in total. The van der Waals surface area contributed by atoms with Crippen molar-refractivity contribution >= 4 is 0 Å². The Bertz CT molecular complexity index is 30.1. The van der Waals surface area contributed by atoms with Crippen LogP contribution >= 0.6 is 0 Å². The quantitative estimate of drug-likeness (QED) is 0.226. The molecule has 0 atom stereocenters. The Hall–Kier alpha value is -0.200. The summed E-state index contributed by atoms with van der Waals surface area (Å²) < 4.78 is 0. The molecule has 5 heteroatoms. The highest BCUT2D eigenvalue weighted by atomic mass is 16.7. The molecule has 0 heterocycles. The molecule has 0 aliphatic rings. The summed E-state index contributed by atoms with van der Waals surface area (Å²) in [7, 11) is 0. The fourth-order valence-electron chi connectivity index (χ4n) is 0.149. The van der Waals surface area contributed by atoms with E-state index in [1.807, 2.05) is 5.59 Å². The van der Waals surface area contributed by atoms with Crippen LogP contribution in [0.25, 0.3) is 0 Å². The minimum Gasteiger partial charge on any atom is -0.302 e. The summed E-state index contributed by atoms with van der Waals surface area (Å²) in [5.74, 6) is 9.32. The lowest BCUT2D eigenvalue weighted by atomic mass is 10.8. The first-order valence-corrected chi connectivity index (χ1v) is 1.81. The number of rotatable bonds is 4. The number of nitrogens with two attached hydrogens (primary N) is 2. The monoisotopic (exact) mass is 107 g/mol. The fraction of sp³-hybridized carbons (Fsp3) is 1.00. The molecule has 0 aromatic heterocycles. The van der Waals surface area contributed by atoms with Crippen LogP contribution in [0.5, 0.6) is 0 Å². The predicted molar refractivity (Wildman–Crippen MR) is 23.4 cm³/mol. The minimum atomic E-state index is 0.337. The van der Waals surface area contributed by atoms with Gasteiger partial charge in [0.1, 0.15) is 0 Å². The second-order valence-corrected chi connectivity index (χ2v) is 0.837. The lowest BCUT2D eigenvalue weighted by molar-refractivity contribution is -0.00528. The zero-order valence-electron chi connectivity index (χ0n) is 3.89. The zero-order chi connectivity index (χ0) is 5.54. The second-order valence-electron chi connectivity index (χ2n) is 0.837. The average Bonchev–Trinajstić information content (AvgIpc) is 1.69. The normalized spacial score (nSPS) is 9.43. The Morgan fingerprint density at radius 3 is 2.57 bits per heavy atom. The molecule has 0 spiro atoms. The summed E-state index contributed by atoms with van der Waals surface area (Å²) in [6.45, 7) is 0.692. The molecule has 0 radical (unpaired) electrons. The van der Waals surface area contributed by atoms with Crippen molar-refractivity contribution in [2.45, 2.75) is 0 Å². The lowest BCUT2D eigenvalue weighted by Crippen LogP contribution is -2.24. The molecule has 0 saturated carbocycles. The molecule has 0 unspecified atom stereocenters. The standard InChI is InChI=1S/C2H9N3O2/c3-5-7-2-1-6-4/h5H,1-4H2.